The second-order valence-corrected chi connectivity index (χ2v) is 6.56. The summed E-state index contributed by atoms with van der Waals surface area (Å²) in [6.45, 7) is 13.7. The van der Waals surface area contributed by atoms with E-state index in [1.807, 2.05) is 13.8 Å². The lowest BCUT2D eigenvalue weighted by Gasteiger charge is -2.26. The number of oxazole rings is 1. The van der Waals surface area contributed by atoms with Crippen molar-refractivity contribution in [1.29, 1.82) is 0 Å². The Kier molecular flexibility index (Phi) is 5.07. The summed E-state index contributed by atoms with van der Waals surface area (Å²) in [5.41, 5.74) is 1.19. The quantitative estimate of drug-likeness (QED) is 0.790. The van der Waals surface area contributed by atoms with Gasteiger partial charge in [-0.05, 0) is 34.1 Å². The van der Waals surface area contributed by atoms with Gasteiger partial charge in [0.05, 0.1) is 5.69 Å². The first kappa shape index (κ1) is 14.6. The predicted octanol–water partition coefficient (Wildman–Crippen LogP) is 3.55. The normalized spacial score (nSPS) is 14.0. The molecule has 1 rings (SSSR count). The molecule has 0 fully saturated rings. The van der Waals surface area contributed by atoms with Crippen molar-refractivity contribution in [1.82, 2.24) is 10.3 Å². The maximum atomic E-state index is 5.57. The highest BCUT2D eigenvalue weighted by atomic mass is 32.2. The third-order valence-electron chi connectivity index (χ3n) is 3.06. The second-order valence-electron chi connectivity index (χ2n) is 5.17. The number of rotatable bonds is 6. The molecule has 0 amide bonds. The second kappa shape index (κ2) is 5.91. The van der Waals surface area contributed by atoms with Gasteiger partial charge in [0.15, 0.2) is 0 Å². The van der Waals surface area contributed by atoms with Gasteiger partial charge in [-0.2, -0.15) is 0 Å². The molecule has 0 saturated heterocycles. The number of hydrogen-bond donors (Lipinski definition) is 1. The van der Waals surface area contributed by atoms with Crippen LogP contribution >= 0.6 is 11.8 Å². The Bertz CT molecular complexity index is 341. The average Bonchev–Trinajstić information content (AvgIpc) is 2.55. The fraction of sp³-hybridized carbons (Fsp3) is 0.769. The van der Waals surface area contributed by atoms with E-state index < -0.39 is 0 Å². The highest BCUT2D eigenvalue weighted by Crippen LogP contribution is 2.24. The Balaban J connectivity index is 2.42. The van der Waals surface area contributed by atoms with Gasteiger partial charge in [0.2, 0.25) is 0 Å². The van der Waals surface area contributed by atoms with Crippen molar-refractivity contribution in [3.8, 4) is 0 Å². The van der Waals surface area contributed by atoms with E-state index >= 15 is 0 Å². The lowest BCUT2D eigenvalue weighted by Crippen LogP contribution is -2.41. The molecule has 0 bridgehead atoms. The molecule has 1 atom stereocenters. The molecule has 1 aromatic rings. The third kappa shape index (κ3) is 4.72. The SMILES string of the molecule is CCC(C)(C)NCC(C)Sc1nc(C)c(C)o1. The molecule has 98 valence electrons. The van der Waals surface area contributed by atoms with Crippen LogP contribution in [0.5, 0.6) is 0 Å². The molecule has 0 saturated carbocycles. The molecule has 4 heteroatoms. The maximum Gasteiger partial charge on any atom is 0.256 e. The fourth-order valence-electron chi connectivity index (χ4n) is 1.25. The predicted molar refractivity (Wildman–Crippen MR) is 73.7 cm³/mol. The molecule has 1 unspecified atom stereocenters. The number of hydrogen-bond acceptors (Lipinski definition) is 4. The van der Waals surface area contributed by atoms with Crippen LogP contribution in [0.25, 0.3) is 0 Å². The van der Waals surface area contributed by atoms with E-state index in [0.717, 1.165) is 29.6 Å². The number of thioether (sulfide) groups is 1. The topological polar surface area (TPSA) is 38.1 Å². The minimum atomic E-state index is 0.206. The molecule has 0 radical (unpaired) electrons. The van der Waals surface area contributed by atoms with Crippen molar-refractivity contribution in [3.05, 3.63) is 11.5 Å². The Hall–Kier alpha value is -0.480. The lowest BCUT2D eigenvalue weighted by atomic mass is 10.0. The van der Waals surface area contributed by atoms with Gasteiger partial charge in [-0.25, -0.2) is 4.98 Å². The van der Waals surface area contributed by atoms with Crippen molar-refractivity contribution in [2.75, 3.05) is 6.54 Å². The zero-order chi connectivity index (χ0) is 13.1. The van der Waals surface area contributed by atoms with Gasteiger partial charge in [-0.15, -0.1) is 0 Å². The van der Waals surface area contributed by atoms with Crippen molar-refractivity contribution >= 4 is 11.8 Å². The molecule has 3 nitrogen and oxygen atoms in total. The Morgan fingerprint density at radius 3 is 2.53 bits per heavy atom. The van der Waals surface area contributed by atoms with Crippen LogP contribution < -0.4 is 5.32 Å². The first-order valence-electron chi connectivity index (χ1n) is 6.20. The summed E-state index contributed by atoms with van der Waals surface area (Å²) < 4.78 is 5.57. The molecular formula is C13H24N2OS. The smallest absolute Gasteiger partial charge is 0.256 e. The van der Waals surface area contributed by atoms with Crippen LogP contribution in [0.15, 0.2) is 9.64 Å². The molecule has 0 aliphatic rings. The zero-order valence-corrected chi connectivity index (χ0v) is 12.6. The highest BCUT2D eigenvalue weighted by Gasteiger charge is 2.17. The van der Waals surface area contributed by atoms with E-state index in [2.05, 4.69) is 38.0 Å². The maximum absolute atomic E-state index is 5.57. The van der Waals surface area contributed by atoms with Gasteiger partial charge < -0.3 is 9.73 Å². The largest absolute Gasteiger partial charge is 0.437 e. The molecule has 1 N–H and O–H groups in total. The Morgan fingerprint density at radius 2 is 2.06 bits per heavy atom. The molecule has 0 aliphatic carbocycles. The summed E-state index contributed by atoms with van der Waals surface area (Å²) in [6, 6.07) is 0. The summed E-state index contributed by atoms with van der Waals surface area (Å²) >= 11 is 1.69. The minimum absolute atomic E-state index is 0.206. The van der Waals surface area contributed by atoms with Crippen molar-refractivity contribution in [2.45, 2.75) is 64.0 Å². The zero-order valence-electron chi connectivity index (χ0n) is 11.8. The highest BCUT2D eigenvalue weighted by molar-refractivity contribution is 7.99. The number of nitrogens with one attached hydrogen (secondary N) is 1. The summed E-state index contributed by atoms with van der Waals surface area (Å²) in [4.78, 5) is 4.38. The van der Waals surface area contributed by atoms with Crippen molar-refractivity contribution < 1.29 is 4.42 Å². The van der Waals surface area contributed by atoms with E-state index in [-0.39, 0.29) is 5.54 Å². The van der Waals surface area contributed by atoms with Gasteiger partial charge in [0.25, 0.3) is 5.22 Å². The van der Waals surface area contributed by atoms with Gasteiger partial charge in [-0.1, -0.05) is 25.6 Å². The third-order valence-corrected chi connectivity index (χ3v) is 4.01. The summed E-state index contributed by atoms with van der Waals surface area (Å²) in [5, 5.41) is 4.80. The van der Waals surface area contributed by atoms with Crippen LogP contribution in [0, 0.1) is 13.8 Å². The lowest BCUT2D eigenvalue weighted by molar-refractivity contribution is 0.378. The summed E-state index contributed by atoms with van der Waals surface area (Å²) in [6.07, 6.45) is 1.13. The van der Waals surface area contributed by atoms with Crippen LogP contribution in [0.4, 0.5) is 0 Å². The molecule has 0 aromatic carbocycles. The molecule has 0 aliphatic heterocycles. The van der Waals surface area contributed by atoms with Gasteiger partial charge in [-0.3, -0.25) is 0 Å². The monoisotopic (exact) mass is 256 g/mol. The Labute approximate surface area is 109 Å². The molecule has 0 spiro atoms. The first-order valence-corrected chi connectivity index (χ1v) is 7.07. The summed E-state index contributed by atoms with van der Waals surface area (Å²) in [5.74, 6) is 0.918. The van der Waals surface area contributed by atoms with E-state index in [4.69, 9.17) is 4.42 Å². The van der Waals surface area contributed by atoms with Gasteiger partial charge in [0, 0.05) is 17.3 Å². The molecule has 1 aromatic heterocycles. The van der Waals surface area contributed by atoms with Crippen LogP contribution in [-0.4, -0.2) is 22.3 Å². The fourth-order valence-corrected chi connectivity index (χ4v) is 2.13. The van der Waals surface area contributed by atoms with Crippen LogP contribution in [0.3, 0.4) is 0 Å². The van der Waals surface area contributed by atoms with Gasteiger partial charge >= 0.3 is 0 Å². The average molecular weight is 256 g/mol. The van der Waals surface area contributed by atoms with E-state index in [1.54, 1.807) is 11.8 Å². The van der Waals surface area contributed by atoms with Crippen LogP contribution in [0.1, 0.15) is 45.6 Å². The van der Waals surface area contributed by atoms with E-state index in [0.29, 0.717) is 5.25 Å². The van der Waals surface area contributed by atoms with Crippen molar-refractivity contribution in [3.63, 3.8) is 0 Å². The first-order chi connectivity index (χ1) is 7.84. The number of aromatic nitrogens is 1. The van der Waals surface area contributed by atoms with Gasteiger partial charge in [0.1, 0.15) is 5.76 Å². The van der Waals surface area contributed by atoms with Crippen LogP contribution in [-0.2, 0) is 0 Å². The van der Waals surface area contributed by atoms with E-state index in [9.17, 15) is 0 Å². The number of nitrogens with zero attached hydrogens (tertiary/aromatic N) is 1. The molecule has 17 heavy (non-hydrogen) atoms. The standard InChI is InChI=1S/C13H24N2OS/c1-7-13(5,6)14-8-9(2)17-12-15-10(3)11(4)16-12/h9,14H,7-8H2,1-6H3. The van der Waals surface area contributed by atoms with Crippen LogP contribution in [0.2, 0.25) is 0 Å². The van der Waals surface area contributed by atoms with E-state index in [1.165, 1.54) is 0 Å². The molecular weight excluding hydrogens is 232 g/mol. The van der Waals surface area contributed by atoms with Crippen molar-refractivity contribution in [2.24, 2.45) is 0 Å². The Morgan fingerprint density at radius 1 is 1.41 bits per heavy atom. The molecule has 1 heterocycles. The minimum Gasteiger partial charge on any atom is -0.437 e. The number of aryl methyl sites for hydroxylation is 2. The summed E-state index contributed by atoms with van der Waals surface area (Å²) in [7, 11) is 0.